The molecule has 0 spiro atoms. The Morgan fingerprint density at radius 2 is 2.19 bits per heavy atom. The quantitative estimate of drug-likeness (QED) is 0.806. The molecule has 114 valence electrons. The highest BCUT2D eigenvalue weighted by Crippen LogP contribution is 2.17. The Morgan fingerprint density at radius 3 is 2.81 bits per heavy atom. The fraction of sp³-hybridized carbons (Fsp3) is 0.462. The lowest BCUT2D eigenvalue weighted by Crippen LogP contribution is -2.45. The zero-order valence-electron chi connectivity index (χ0n) is 11.2. The summed E-state index contributed by atoms with van der Waals surface area (Å²) in [5, 5.41) is 0. The average Bonchev–Trinajstić information content (AvgIpc) is 2.91. The van der Waals surface area contributed by atoms with Gasteiger partial charge in [-0.3, -0.25) is 9.59 Å². The van der Waals surface area contributed by atoms with Crippen LogP contribution < -0.4 is 5.73 Å². The summed E-state index contributed by atoms with van der Waals surface area (Å²) in [6, 6.07) is 3.00. The minimum Gasteiger partial charge on any atom is -0.450 e. The third-order valence-corrected chi connectivity index (χ3v) is 3.70. The van der Waals surface area contributed by atoms with Gasteiger partial charge in [-0.05, 0) is 40.9 Å². The van der Waals surface area contributed by atoms with E-state index in [4.69, 9.17) is 14.9 Å². The van der Waals surface area contributed by atoms with Crippen LogP contribution in [-0.4, -0.2) is 42.4 Å². The maximum atomic E-state index is 12.0. The van der Waals surface area contributed by atoms with E-state index in [0.717, 1.165) is 0 Å². The maximum Gasteiger partial charge on any atom is 0.374 e. The molecule has 7 nitrogen and oxygen atoms in total. The molecule has 1 atom stereocenters. The number of esters is 1. The third kappa shape index (κ3) is 4.07. The zero-order chi connectivity index (χ0) is 15.4. The topological polar surface area (TPSA) is 103 Å². The van der Waals surface area contributed by atoms with Crippen LogP contribution in [0.5, 0.6) is 0 Å². The molecule has 0 radical (unpaired) electrons. The van der Waals surface area contributed by atoms with Crippen molar-refractivity contribution in [3.05, 3.63) is 22.6 Å². The first-order valence-electron chi connectivity index (χ1n) is 6.47. The van der Waals surface area contributed by atoms with Crippen LogP contribution in [0, 0.1) is 5.92 Å². The molecule has 1 aromatic rings. The zero-order valence-corrected chi connectivity index (χ0v) is 12.8. The molecule has 2 N–H and O–H groups in total. The Morgan fingerprint density at radius 1 is 1.43 bits per heavy atom. The summed E-state index contributed by atoms with van der Waals surface area (Å²) in [5.74, 6) is -1.79. The van der Waals surface area contributed by atoms with Crippen molar-refractivity contribution in [3.63, 3.8) is 0 Å². The highest BCUT2D eigenvalue weighted by atomic mass is 79.9. The number of likely N-dealkylation sites (tertiary alicyclic amines) is 1. The molecule has 21 heavy (non-hydrogen) atoms. The van der Waals surface area contributed by atoms with Gasteiger partial charge in [0, 0.05) is 13.1 Å². The second kappa shape index (κ2) is 6.75. The van der Waals surface area contributed by atoms with Gasteiger partial charge in [-0.2, -0.15) is 0 Å². The Balaban J connectivity index is 1.84. The summed E-state index contributed by atoms with van der Waals surface area (Å²) >= 11 is 3.07. The predicted molar refractivity (Wildman–Crippen MR) is 75.2 cm³/mol. The summed E-state index contributed by atoms with van der Waals surface area (Å²) in [7, 11) is 0. The lowest BCUT2D eigenvalue weighted by atomic mass is 9.97. The first-order valence-corrected chi connectivity index (χ1v) is 7.26. The first kappa shape index (κ1) is 15.6. The molecule has 1 aliphatic rings. The summed E-state index contributed by atoms with van der Waals surface area (Å²) in [6.07, 6.45) is 1.39. The van der Waals surface area contributed by atoms with E-state index in [9.17, 15) is 14.4 Å². The van der Waals surface area contributed by atoms with Crippen molar-refractivity contribution in [2.75, 3.05) is 19.7 Å². The molecular weight excluding hydrogens is 344 g/mol. The van der Waals surface area contributed by atoms with Crippen LogP contribution in [0.1, 0.15) is 23.4 Å². The Kier molecular flexibility index (Phi) is 5.00. The number of rotatable bonds is 4. The van der Waals surface area contributed by atoms with Crippen LogP contribution in [0.25, 0.3) is 0 Å². The van der Waals surface area contributed by atoms with Crippen molar-refractivity contribution in [3.8, 4) is 0 Å². The second-order valence-corrected chi connectivity index (χ2v) is 5.54. The number of nitrogens with two attached hydrogens (primary N) is 1. The molecule has 1 fully saturated rings. The van der Waals surface area contributed by atoms with Gasteiger partial charge in [0.25, 0.3) is 5.91 Å². The number of carbonyl (C=O) groups excluding carboxylic acids is 3. The van der Waals surface area contributed by atoms with Gasteiger partial charge in [0.05, 0.1) is 5.92 Å². The summed E-state index contributed by atoms with van der Waals surface area (Å²) in [4.78, 5) is 36.2. The van der Waals surface area contributed by atoms with Crippen molar-refractivity contribution in [1.29, 1.82) is 0 Å². The second-order valence-electron chi connectivity index (χ2n) is 4.76. The van der Waals surface area contributed by atoms with Crippen molar-refractivity contribution >= 4 is 33.7 Å². The van der Waals surface area contributed by atoms with Gasteiger partial charge < -0.3 is 19.8 Å². The average molecular weight is 359 g/mol. The number of halogens is 1. The fourth-order valence-electron chi connectivity index (χ4n) is 2.15. The number of furan rings is 1. The van der Waals surface area contributed by atoms with Crippen molar-refractivity contribution < 1.29 is 23.5 Å². The monoisotopic (exact) mass is 358 g/mol. The van der Waals surface area contributed by atoms with Gasteiger partial charge in [-0.15, -0.1) is 0 Å². The predicted octanol–water partition coefficient (Wildman–Crippen LogP) is 0.923. The summed E-state index contributed by atoms with van der Waals surface area (Å²) in [6.45, 7) is 0.424. The molecule has 0 unspecified atom stereocenters. The number of piperidine rings is 1. The molecule has 2 amide bonds. The highest BCUT2D eigenvalue weighted by Gasteiger charge is 2.27. The Labute approximate surface area is 129 Å². The molecule has 8 heteroatoms. The molecule has 1 aromatic heterocycles. The number of carbonyl (C=O) groups is 3. The summed E-state index contributed by atoms with van der Waals surface area (Å²) < 4.78 is 10.3. The number of amides is 2. The first-order chi connectivity index (χ1) is 9.97. The number of hydrogen-bond acceptors (Lipinski definition) is 5. The smallest absolute Gasteiger partial charge is 0.374 e. The molecule has 0 bridgehead atoms. The molecule has 0 saturated carbocycles. The van der Waals surface area contributed by atoms with E-state index in [2.05, 4.69) is 15.9 Å². The molecule has 1 saturated heterocycles. The third-order valence-electron chi connectivity index (χ3n) is 3.28. The lowest BCUT2D eigenvalue weighted by Gasteiger charge is -2.30. The normalized spacial score (nSPS) is 18.3. The summed E-state index contributed by atoms with van der Waals surface area (Å²) in [5.41, 5.74) is 5.25. The Bertz CT molecular complexity index is 557. The molecule has 0 aliphatic carbocycles. The fourth-order valence-corrected chi connectivity index (χ4v) is 2.46. The number of ether oxygens (including phenoxy) is 1. The standard InChI is InChI=1S/C13H15BrN2O5/c14-10-4-3-9(21-10)13(19)20-7-11(17)16-5-1-2-8(6-16)12(15)18/h3-4,8H,1-2,5-7H2,(H2,15,18)/t8-/m0/s1. The largest absolute Gasteiger partial charge is 0.450 e. The van der Waals surface area contributed by atoms with E-state index in [1.54, 1.807) is 6.07 Å². The van der Waals surface area contributed by atoms with Gasteiger partial charge in [0.15, 0.2) is 11.3 Å². The molecule has 0 aromatic carbocycles. The molecule has 1 aliphatic heterocycles. The van der Waals surface area contributed by atoms with Crippen LogP contribution in [0.2, 0.25) is 0 Å². The lowest BCUT2D eigenvalue weighted by molar-refractivity contribution is -0.137. The van der Waals surface area contributed by atoms with Gasteiger partial charge >= 0.3 is 5.97 Å². The van der Waals surface area contributed by atoms with Crippen LogP contribution in [0.15, 0.2) is 21.2 Å². The number of nitrogens with zero attached hydrogens (tertiary/aromatic N) is 1. The van der Waals surface area contributed by atoms with Crippen LogP contribution in [-0.2, 0) is 14.3 Å². The van der Waals surface area contributed by atoms with Crippen LogP contribution in [0.3, 0.4) is 0 Å². The van der Waals surface area contributed by atoms with E-state index in [1.807, 2.05) is 0 Å². The van der Waals surface area contributed by atoms with Gasteiger partial charge in [0.1, 0.15) is 0 Å². The minimum atomic E-state index is -0.711. The van der Waals surface area contributed by atoms with E-state index < -0.39 is 11.9 Å². The van der Waals surface area contributed by atoms with E-state index >= 15 is 0 Å². The maximum absolute atomic E-state index is 12.0. The van der Waals surface area contributed by atoms with Crippen LogP contribution >= 0.6 is 15.9 Å². The van der Waals surface area contributed by atoms with Crippen LogP contribution in [0.4, 0.5) is 0 Å². The van der Waals surface area contributed by atoms with E-state index in [-0.39, 0.29) is 30.7 Å². The van der Waals surface area contributed by atoms with Gasteiger partial charge in [-0.25, -0.2) is 4.79 Å². The minimum absolute atomic E-state index is 0.0170. The molecular formula is C13H15BrN2O5. The van der Waals surface area contributed by atoms with Crippen molar-refractivity contribution in [2.45, 2.75) is 12.8 Å². The SMILES string of the molecule is NC(=O)[C@H]1CCCN(C(=O)COC(=O)c2ccc(Br)o2)C1. The van der Waals surface area contributed by atoms with E-state index in [1.165, 1.54) is 11.0 Å². The molecule has 2 heterocycles. The van der Waals surface area contributed by atoms with Crippen molar-refractivity contribution in [1.82, 2.24) is 4.90 Å². The highest BCUT2D eigenvalue weighted by molar-refractivity contribution is 9.10. The number of primary amides is 1. The van der Waals surface area contributed by atoms with Gasteiger partial charge in [0.2, 0.25) is 11.7 Å². The van der Waals surface area contributed by atoms with E-state index in [0.29, 0.717) is 24.1 Å². The van der Waals surface area contributed by atoms with Crippen molar-refractivity contribution in [2.24, 2.45) is 11.7 Å². The number of hydrogen-bond donors (Lipinski definition) is 1. The Hall–Kier alpha value is -1.83. The molecule has 2 rings (SSSR count). The van der Waals surface area contributed by atoms with Gasteiger partial charge in [-0.1, -0.05) is 0 Å².